The van der Waals surface area contributed by atoms with Gasteiger partial charge in [0.1, 0.15) is 11.9 Å². The van der Waals surface area contributed by atoms with E-state index in [1.807, 2.05) is 0 Å². The van der Waals surface area contributed by atoms with Gasteiger partial charge in [0, 0.05) is 0 Å². The maximum atomic E-state index is 12.1. The number of carbonyl (C=O) groups excluding carboxylic acids is 2. The number of anilines is 2. The Morgan fingerprint density at radius 3 is 3.00 bits per heavy atom. The van der Waals surface area contributed by atoms with Crippen LogP contribution >= 0.6 is 11.6 Å². The molecule has 0 aliphatic carbocycles. The molecule has 0 bridgehead atoms. The minimum Gasteiger partial charge on any atom is -0.325 e. The Labute approximate surface area is 125 Å². The number of carbonyl (C=O) groups is 2. The van der Waals surface area contributed by atoms with E-state index in [9.17, 15) is 9.59 Å². The summed E-state index contributed by atoms with van der Waals surface area (Å²) in [5.74, 6) is 0.304. The molecule has 0 fully saturated rings. The van der Waals surface area contributed by atoms with Gasteiger partial charge >= 0.3 is 0 Å². The Balaban J connectivity index is 1.73. The van der Waals surface area contributed by atoms with Crippen molar-refractivity contribution in [2.45, 2.75) is 19.4 Å². The summed E-state index contributed by atoms with van der Waals surface area (Å²) in [6, 6.07) is 6.22. The lowest BCUT2D eigenvalue weighted by molar-refractivity contribution is -0.123. The number of amides is 2. The van der Waals surface area contributed by atoms with Gasteiger partial charge in [-0.25, -0.2) is 4.68 Å². The third-order valence-corrected chi connectivity index (χ3v) is 3.43. The maximum absolute atomic E-state index is 12.1. The number of benzene rings is 1. The van der Waals surface area contributed by atoms with E-state index < -0.39 is 6.04 Å². The smallest absolute Gasteiger partial charge is 0.252 e. The molecule has 1 aromatic heterocycles. The van der Waals surface area contributed by atoms with E-state index in [1.165, 1.54) is 4.68 Å². The third kappa shape index (κ3) is 2.59. The molecule has 3 rings (SSSR count). The number of hydrogen-bond acceptors (Lipinski definition) is 4. The summed E-state index contributed by atoms with van der Waals surface area (Å²) < 4.78 is 1.43. The van der Waals surface area contributed by atoms with Gasteiger partial charge in [-0.15, -0.1) is 0 Å². The van der Waals surface area contributed by atoms with Crippen LogP contribution in [0.4, 0.5) is 11.6 Å². The first-order valence-corrected chi connectivity index (χ1v) is 6.71. The molecule has 1 aliphatic rings. The highest BCUT2D eigenvalue weighted by atomic mass is 35.5. The first-order chi connectivity index (χ1) is 10.0. The number of nitrogens with one attached hydrogen (secondary N) is 2. The van der Waals surface area contributed by atoms with Crippen molar-refractivity contribution >= 4 is 35.1 Å². The Kier molecular flexibility index (Phi) is 3.34. The largest absolute Gasteiger partial charge is 0.325 e. The lowest BCUT2D eigenvalue weighted by Gasteiger charge is -2.10. The van der Waals surface area contributed by atoms with Crippen LogP contribution in [0.2, 0.25) is 5.02 Å². The first kappa shape index (κ1) is 13.6. The van der Waals surface area contributed by atoms with E-state index in [1.54, 1.807) is 31.2 Å². The molecule has 1 atom stereocenters. The van der Waals surface area contributed by atoms with Crippen molar-refractivity contribution in [3.63, 3.8) is 0 Å². The highest BCUT2D eigenvalue weighted by Gasteiger charge is 2.34. The van der Waals surface area contributed by atoms with E-state index in [0.717, 1.165) is 0 Å². The number of fused-ring (bicyclic) bond motifs is 1. The van der Waals surface area contributed by atoms with Crippen molar-refractivity contribution in [2.24, 2.45) is 0 Å². The molecule has 0 spiro atoms. The minimum absolute atomic E-state index is 0.0349. The summed E-state index contributed by atoms with van der Waals surface area (Å²) in [6.07, 6.45) is -0.0349. The summed E-state index contributed by atoms with van der Waals surface area (Å²) in [4.78, 5) is 28.0. The second kappa shape index (κ2) is 5.17. The molecular weight excluding hydrogens is 294 g/mol. The average molecular weight is 306 g/mol. The third-order valence-electron chi connectivity index (χ3n) is 3.10. The van der Waals surface area contributed by atoms with Crippen LogP contribution in [0, 0.1) is 6.92 Å². The molecule has 108 valence electrons. The van der Waals surface area contributed by atoms with Crippen LogP contribution in [-0.2, 0) is 9.59 Å². The van der Waals surface area contributed by atoms with Crippen molar-refractivity contribution < 1.29 is 9.59 Å². The molecule has 7 nitrogen and oxygen atoms in total. The van der Waals surface area contributed by atoms with E-state index >= 15 is 0 Å². The van der Waals surface area contributed by atoms with Gasteiger partial charge in [-0.1, -0.05) is 23.7 Å². The number of rotatable bonds is 3. The van der Waals surface area contributed by atoms with E-state index in [2.05, 4.69) is 20.7 Å². The van der Waals surface area contributed by atoms with E-state index in [0.29, 0.717) is 22.5 Å². The predicted molar refractivity (Wildman–Crippen MR) is 77.1 cm³/mol. The van der Waals surface area contributed by atoms with Crippen LogP contribution < -0.4 is 10.6 Å². The number of para-hydroxylation sites is 1. The molecule has 1 aromatic carbocycles. The van der Waals surface area contributed by atoms with Crippen LogP contribution in [-0.4, -0.2) is 26.6 Å². The average Bonchev–Trinajstić information content (AvgIpc) is 2.90. The second-order valence-electron chi connectivity index (χ2n) is 4.66. The van der Waals surface area contributed by atoms with Crippen molar-refractivity contribution in [1.82, 2.24) is 14.8 Å². The number of aryl methyl sites for hydroxylation is 1. The molecule has 1 aliphatic heterocycles. The second-order valence-corrected chi connectivity index (χ2v) is 5.07. The van der Waals surface area contributed by atoms with Crippen molar-refractivity contribution in [2.75, 3.05) is 10.6 Å². The number of halogens is 1. The van der Waals surface area contributed by atoms with Crippen LogP contribution in [0.15, 0.2) is 24.3 Å². The topological polar surface area (TPSA) is 88.9 Å². The van der Waals surface area contributed by atoms with Gasteiger partial charge in [0.15, 0.2) is 0 Å². The quantitative estimate of drug-likeness (QED) is 0.904. The molecule has 0 unspecified atom stereocenters. The maximum Gasteiger partial charge on any atom is 0.252 e. The standard InChI is InChI=1S/C13H12ClN5O2/c1-7-15-13-17-12(21)10(19(13)18-7)6-11(20)16-9-5-3-2-4-8(9)14/h2-5,10H,6H2,1H3,(H,16,20)(H,15,17,18,21)/t10-/m1/s1. The molecule has 2 amide bonds. The van der Waals surface area contributed by atoms with E-state index in [-0.39, 0.29) is 18.2 Å². The van der Waals surface area contributed by atoms with Crippen LogP contribution in [0.25, 0.3) is 0 Å². The van der Waals surface area contributed by atoms with Gasteiger partial charge in [0.05, 0.1) is 17.1 Å². The van der Waals surface area contributed by atoms with Gasteiger partial charge in [-0.2, -0.15) is 10.1 Å². The van der Waals surface area contributed by atoms with E-state index in [4.69, 9.17) is 11.6 Å². The van der Waals surface area contributed by atoms with Crippen LogP contribution in [0.1, 0.15) is 18.3 Å². The fourth-order valence-electron chi connectivity index (χ4n) is 2.16. The first-order valence-electron chi connectivity index (χ1n) is 6.33. The molecule has 0 saturated carbocycles. The lowest BCUT2D eigenvalue weighted by Crippen LogP contribution is -2.23. The normalized spacial score (nSPS) is 16.5. The SMILES string of the molecule is Cc1nc2n(n1)[C@H](CC(=O)Nc1ccccc1Cl)C(=O)N2. The molecule has 0 radical (unpaired) electrons. The van der Waals surface area contributed by atoms with Crippen molar-refractivity contribution in [1.29, 1.82) is 0 Å². The van der Waals surface area contributed by atoms with Crippen LogP contribution in [0.3, 0.4) is 0 Å². The van der Waals surface area contributed by atoms with Crippen molar-refractivity contribution in [3.8, 4) is 0 Å². The molecule has 2 heterocycles. The summed E-state index contributed by atoms with van der Waals surface area (Å²) >= 11 is 5.98. The minimum atomic E-state index is -0.691. The molecule has 2 N–H and O–H groups in total. The van der Waals surface area contributed by atoms with Gasteiger partial charge in [0.2, 0.25) is 11.9 Å². The summed E-state index contributed by atoms with van der Waals surface area (Å²) in [5, 5.41) is 9.84. The molecule has 2 aromatic rings. The van der Waals surface area contributed by atoms with Gasteiger partial charge in [0.25, 0.3) is 5.91 Å². The molecule has 0 saturated heterocycles. The Morgan fingerprint density at radius 2 is 2.24 bits per heavy atom. The molecular formula is C13H12ClN5O2. The monoisotopic (exact) mass is 305 g/mol. The summed E-state index contributed by atoms with van der Waals surface area (Å²) in [5.41, 5.74) is 0.512. The fourth-order valence-corrected chi connectivity index (χ4v) is 2.34. The van der Waals surface area contributed by atoms with Crippen LogP contribution in [0.5, 0.6) is 0 Å². The summed E-state index contributed by atoms with van der Waals surface area (Å²) in [6.45, 7) is 1.72. The number of aromatic nitrogens is 3. The summed E-state index contributed by atoms with van der Waals surface area (Å²) in [7, 11) is 0. The Hall–Kier alpha value is -2.41. The molecule has 8 heteroatoms. The van der Waals surface area contributed by atoms with Gasteiger partial charge in [-0.05, 0) is 19.1 Å². The Bertz CT molecular complexity index is 727. The lowest BCUT2D eigenvalue weighted by atomic mass is 10.2. The fraction of sp³-hybridized carbons (Fsp3) is 0.231. The van der Waals surface area contributed by atoms with Gasteiger partial charge in [-0.3, -0.25) is 14.9 Å². The number of nitrogens with zero attached hydrogens (tertiary/aromatic N) is 3. The Morgan fingerprint density at radius 1 is 1.48 bits per heavy atom. The highest BCUT2D eigenvalue weighted by molar-refractivity contribution is 6.33. The zero-order chi connectivity index (χ0) is 15.0. The van der Waals surface area contributed by atoms with Crippen molar-refractivity contribution in [3.05, 3.63) is 35.1 Å². The zero-order valence-electron chi connectivity index (χ0n) is 11.1. The number of hydrogen-bond donors (Lipinski definition) is 2. The molecule has 21 heavy (non-hydrogen) atoms. The highest BCUT2D eigenvalue weighted by Crippen LogP contribution is 2.26. The van der Waals surface area contributed by atoms with Gasteiger partial charge < -0.3 is 5.32 Å². The predicted octanol–water partition coefficient (Wildman–Crippen LogP) is 1.76. The zero-order valence-corrected chi connectivity index (χ0v) is 11.9.